The molecular weight excluding hydrogens is 326 g/mol. The Morgan fingerprint density at radius 2 is 1.77 bits per heavy atom. The van der Waals surface area contributed by atoms with Crippen LogP contribution in [0, 0.1) is 5.92 Å². The third kappa shape index (κ3) is 5.17. The molecule has 0 aliphatic carbocycles. The second-order valence-electron chi connectivity index (χ2n) is 6.89. The Kier molecular flexibility index (Phi) is 6.02. The summed E-state index contributed by atoms with van der Waals surface area (Å²) in [6.45, 7) is 2.69. The van der Waals surface area contributed by atoms with Crippen molar-refractivity contribution in [3.8, 4) is 0 Å². The summed E-state index contributed by atoms with van der Waals surface area (Å²) >= 11 is 0. The minimum atomic E-state index is -0.359. The van der Waals surface area contributed by atoms with Gasteiger partial charge in [0.1, 0.15) is 0 Å². The Morgan fingerprint density at radius 1 is 1.04 bits per heavy atom. The number of nitrogens with one attached hydrogen (secondary N) is 1. The van der Waals surface area contributed by atoms with Crippen LogP contribution in [0.2, 0.25) is 0 Å². The molecule has 0 radical (unpaired) electrons. The van der Waals surface area contributed by atoms with Crippen molar-refractivity contribution in [1.29, 1.82) is 0 Å². The Bertz CT molecular complexity index is 744. The smallest absolute Gasteiger partial charge is 0.228 e. The lowest BCUT2D eigenvalue weighted by molar-refractivity contribution is -0.121. The molecule has 1 heterocycles. The summed E-state index contributed by atoms with van der Waals surface area (Å²) in [5, 5.41) is 2.99. The summed E-state index contributed by atoms with van der Waals surface area (Å²) in [4.78, 5) is 25.9. The number of carbonyl (C=O) groups is 2. The van der Waals surface area contributed by atoms with Crippen molar-refractivity contribution in [3.63, 3.8) is 0 Å². The van der Waals surface area contributed by atoms with Gasteiger partial charge in [0.25, 0.3) is 0 Å². The van der Waals surface area contributed by atoms with Crippen LogP contribution in [-0.4, -0.2) is 29.8 Å². The third-order valence-corrected chi connectivity index (χ3v) is 4.73. The van der Waals surface area contributed by atoms with Gasteiger partial charge in [0.05, 0.1) is 12.3 Å². The molecule has 0 saturated carbocycles. The van der Waals surface area contributed by atoms with E-state index in [-0.39, 0.29) is 24.2 Å². The molecule has 26 heavy (non-hydrogen) atoms. The van der Waals surface area contributed by atoms with E-state index >= 15 is 0 Å². The van der Waals surface area contributed by atoms with Gasteiger partial charge in [0, 0.05) is 18.8 Å². The number of nitrogens with zero attached hydrogens (tertiary/aromatic N) is 1. The molecule has 3 rings (SSSR count). The first kappa shape index (κ1) is 18.1. The zero-order valence-corrected chi connectivity index (χ0v) is 14.9. The van der Waals surface area contributed by atoms with Crippen molar-refractivity contribution in [2.24, 2.45) is 11.7 Å². The number of amides is 2. The van der Waals surface area contributed by atoms with E-state index in [4.69, 9.17) is 5.73 Å². The van der Waals surface area contributed by atoms with E-state index < -0.39 is 0 Å². The van der Waals surface area contributed by atoms with Crippen molar-refractivity contribution < 1.29 is 9.59 Å². The van der Waals surface area contributed by atoms with Crippen molar-refractivity contribution in [1.82, 2.24) is 4.90 Å². The maximum Gasteiger partial charge on any atom is 0.228 e. The Hall–Kier alpha value is -2.66. The number of likely N-dealkylation sites (tertiary alicyclic amines) is 1. The van der Waals surface area contributed by atoms with Crippen LogP contribution < -0.4 is 11.1 Å². The predicted octanol–water partition coefficient (Wildman–Crippen LogP) is 2.57. The van der Waals surface area contributed by atoms with E-state index in [0.29, 0.717) is 0 Å². The van der Waals surface area contributed by atoms with Crippen LogP contribution in [0.3, 0.4) is 0 Å². The number of piperidine rings is 1. The van der Waals surface area contributed by atoms with E-state index in [2.05, 4.69) is 22.3 Å². The molecule has 136 valence electrons. The molecule has 3 N–H and O–H groups in total. The van der Waals surface area contributed by atoms with Crippen LogP contribution >= 0.6 is 0 Å². The molecule has 0 aromatic heterocycles. The van der Waals surface area contributed by atoms with Crippen LogP contribution in [0.4, 0.5) is 5.69 Å². The molecule has 5 nitrogen and oxygen atoms in total. The summed E-state index contributed by atoms with van der Waals surface area (Å²) in [5.41, 5.74) is 8.07. The second-order valence-corrected chi connectivity index (χ2v) is 6.89. The van der Waals surface area contributed by atoms with Crippen LogP contribution in [0.25, 0.3) is 0 Å². The van der Waals surface area contributed by atoms with Crippen molar-refractivity contribution in [2.45, 2.75) is 25.8 Å². The van der Waals surface area contributed by atoms with E-state index in [0.717, 1.165) is 43.7 Å². The number of carbonyl (C=O) groups excluding carboxylic acids is 2. The molecule has 2 amide bonds. The van der Waals surface area contributed by atoms with Gasteiger partial charge in [-0.05, 0) is 42.6 Å². The van der Waals surface area contributed by atoms with Crippen molar-refractivity contribution in [3.05, 3.63) is 65.7 Å². The second kappa shape index (κ2) is 8.63. The SMILES string of the molecule is NC(=O)Cc1ccc(NC(=O)[C@@H]2CCCN(Cc3ccccc3)C2)cc1. The molecule has 0 bridgehead atoms. The first-order chi connectivity index (χ1) is 12.6. The summed E-state index contributed by atoms with van der Waals surface area (Å²) < 4.78 is 0. The summed E-state index contributed by atoms with van der Waals surface area (Å²) in [5.74, 6) is -0.300. The maximum absolute atomic E-state index is 12.6. The van der Waals surface area contributed by atoms with Gasteiger partial charge in [0.15, 0.2) is 0 Å². The molecular formula is C21H25N3O2. The molecule has 1 aliphatic rings. The molecule has 0 spiro atoms. The monoisotopic (exact) mass is 351 g/mol. The number of nitrogens with two attached hydrogens (primary N) is 1. The average Bonchev–Trinajstić information content (AvgIpc) is 2.64. The summed E-state index contributed by atoms with van der Waals surface area (Å²) in [6, 6.07) is 17.6. The number of hydrogen-bond acceptors (Lipinski definition) is 3. The molecule has 1 atom stereocenters. The highest BCUT2D eigenvalue weighted by molar-refractivity contribution is 5.92. The van der Waals surface area contributed by atoms with Gasteiger partial charge in [-0.1, -0.05) is 42.5 Å². The average molecular weight is 351 g/mol. The minimum absolute atomic E-state index is 0.00208. The molecule has 2 aromatic rings. The first-order valence-electron chi connectivity index (χ1n) is 9.04. The Balaban J connectivity index is 1.54. The number of primary amides is 1. The lowest BCUT2D eigenvalue weighted by atomic mass is 9.96. The summed E-state index contributed by atoms with van der Waals surface area (Å²) in [7, 11) is 0. The molecule has 1 saturated heterocycles. The lowest BCUT2D eigenvalue weighted by Gasteiger charge is -2.32. The molecule has 0 unspecified atom stereocenters. The molecule has 1 fully saturated rings. The van der Waals surface area contributed by atoms with Crippen molar-refractivity contribution in [2.75, 3.05) is 18.4 Å². The van der Waals surface area contributed by atoms with Crippen molar-refractivity contribution >= 4 is 17.5 Å². The van der Waals surface area contributed by atoms with Gasteiger partial charge in [-0.25, -0.2) is 0 Å². The van der Waals surface area contributed by atoms with E-state index in [1.54, 1.807) is 0 Å². The fourth-order valence-corrected chi connectivity index (χ4v) is 3.41. The molecule has 1 aliphatic heterocycles. The van der Waals surface area contributed by atoms with E-state index in [1.807, 2.05) is 42.5 Å². The predicted molar refractivity (Wildman–Crippen MR) is 102 cm³/mol. The fraction of sp³-hybridized carbons (Fsp3) is 0.333. The standard InChI is InChI=1S/C21H25N3O2/c22-20(25)13-16-8-10-19(11-9-16)23-21(26)18-7-4-12-24(15-18)14-17-5-2-1-3-6-17/h1-3,5-6,8-11,18H,4,7,12-15H2,(H2,22,25)(H,23,26)/t18-/m1/s1. The maximum atomic E-state index is 12.6. The Labute approximate surface area is 154 Å². The Morgan fingerprint density at radius 3 is 2.46 bits per heavy atom. The first-order valence-corrected chi connectivity index (χ1v) is 9.04. The van der Waals surface area contributed by atoms with Crippen LogP contribution in [0.15, 0.2) is 54.6 Å². The topological polar surface area (TPSA) is 75.4 Å². The quantitative estimate of drug-likeness (QED) is 0.840. The molecule has 2 aromatic carbocycles. The zero-order valence-electron chi connectivity index (χ0n) is 14.9. The van der Waals surface area contributed by atoms with Gasteiger partial charge >= 0.3 is 0 Å². The van der Waals surface area contributed by atoms with Gasteiger partial charge in [-0.2, -0.15) is 0 Å². The highest BCUT2D eigenvalue weighted by Crippen LogP contribution is 2.21. The normalized spacial score (nSPS) is 17.6. The van der Waals surface area contributed by atoms with Crippen LogP contribution in [0.1, 0.15) is 24.0 Å². The number of hydrogen-bond donors (Lipinski definition) is 2. The number of rotatable bonds is 6. The fourth-order valence-electron chi connectivity index (χ4n) is 3.41. The van der Waals surface area contributed by atoms with Gasteiger partial charge in [-0.3, -0.25) is 14.5 Å². The van der Waals surface area contributed by atoms with E-state index in [9.17, 15) is 9.59 Å². The third-order valence-electron chi connectivity index (χ3n) is 4.73. The minimum Gasteiger partial charge on any atom is -0.369 e. The van der Waals surface area contributed by atoms with Gasteiger partial charge < -0.3 is 11.1 Å². The van der Waals surface area contributed by atoms with Crippen LogP contribution in [0.5, 0.6) is 0 Å². The highest BCUT2D eigenvalue weighted by atomic mass is 16.2. The van der Waals surface area contributed by atoms with E-state index in [1.165, 1.54) is 5.56 Å². The van der Waals surface area contributed by atoms with Gasteiger partial charge in [-0.15, -0.1) is 0 Å². The highest BCUT2D eigenvalue weighted by Gasteiger charge is 2.25. The number of benzene rings is 2. The summed E-state index contributed by atoms with van der Waals surface area (Å²) in [6.07, 6.45) is 2.16. The number of anilines is 1. The van der Waals surface area contributed by atoms with Crippen LogP contribution in [-0.2, 0) is 22.6 Å². The van der Waals surface area contributed by atoms with Gasteiger partial charge in [0.2, 0.25) is 11.8 Å². The zero-order chi connectivity index (χ0) is 18.4. The molecule has 5 heteroatoms. The largest absolute Gasteiger partial charge is 0.369 e. The lowest BCUT2D eigenvalue weighted by Crippen LogP contribution is -2.40.